The molecule has 0 aliphatic carbocycles. The van der Waals surface area contributed by atoms with E-state index in [1.54, 1.807) is 55.6 Å². The van der Waals surface area contributed by atoms with Crippen molar-refractivity contribution in [2.45, 2.75) is 0 Å². The van der Waals surface area contributed by atoms with Crippen LogP contribution in [-0.4, -0.2) is 13.0 Å². The number of ether oxygens (including phenoxy) is 1. The Kier molecular flexibility index (Phi) is 3.79. The van der Waals surface area contributed by atoms with Gasteiger partial charge in [-0.1, -0.05) is 24.3 Å². The van der Waals surface area contributed by atoms with Gasteiger partial charge in [0.2, 0.25) is 0 Å². The number of hydrogen-bond acceptors (Lipinski definition) is 3. The SMILES string of the molecule is CNC(=O)c1ccccc1Oc1ccccc1C#N. The van der Waals surface area contributed by atoms with Gasteiger partial charge in [-0.25, -0.2) is 0 Å². The normalized spacial score (nSPS) is 9.47. The van der Waals surface area contributed by atoms with Crippen molar-refractivity contribution in [2.75, 3.05) is 7.05 Å². The number of carbonyl (C=O) groups excluding carboxylic acids is 1. The first-order valence-corrected chi connectivity index (χ1v) is 5.74. The van der Waals surface area contributed by atoms with E-state index in [9.17, 15) is 4.79 Å². The molecule has 1 N–H and O–H groups in total. The second-order valence-electron chi connectivity index (χ2n) is 3.79. The van der Waals surface area contributed by atoms with E-state index in [1.807, 2.05) is 0 Å². The fourth-order valence-electron chi connectivity index (χ4n) is 1.64. The molecular formula is C15H12N2O2. The molecule has 0 radical (unpaired) electrons. The summed E-state index contributed by atoms with van der Waals surface area (Å²) in [5.74, 6) is 0.621. The maximum Gasteiger partial charge on any atom is 0.254 e. The molecule has 2 rings (SSSR count). The molecule has 0 aliphatic rings. The summed E-state index contributed by atoms with van der Waals surface area (Å²) in [6.45, 7) is 0. The summed E-state index contributed by atoms with van der Waals surface area (Å²) >= 11 is 0. The number of nitrogens with one attached hydrogen (secondary N) is 1. The van der Waals surface area contributed by atoms with E-state index in [0.717, 1.165) is 0 Å². The van der Waals surface area contributed by atoms with Crippen molar-refractivity contribution in [3.05, 3.63) is 59.7 Å². The highest BCUT2D eigenvalue weighted by molar-refractivity contribution is 5.96. The zero-order chi connectivity index (χ0) is 13.7. The molecule has 2 aromatic rings. The molecular weight excluding hydrogens is 240 g/mol. The molecule has 0 heterocycles. The Labute approximate surface area is 111 Å². The molecule has 0 aromatic heterocycles. The van der Waals surface area contributed by atoms with Crippen LogP contribution in [0.4, 0.5) is 0 Å². The van der Waals surface area contributed by atoms with Crippen LogP contribution in [-0.2, 0) is 0 Å². The van der Waals surface area contributed by atoms with Crippen LogP contribution in [0.5, 0.6) is 11.5 Å². The van der Waals surface area contributed by atoms with Gasteiger partial charge in [0.1, 0.15) is 17.6 Å². The Bertz CT molecular complexity index is 645. The fraction of sp³-hybridized carbons (Fsp3) is 0.0667. The van der Waals surface area contributed by atoms with Gasteiger partial charge in [-0.15, -0.1) is 0 Å². The summed E-state index contributed by atoms with van der Waals surface area (Å²) in [6, 6.07) is 15.8. The van der Waals surface area contributed by atoms with Crippen molar-refractivity contribution < 1.29 is 9.53 Å². The summed E-state index contributed by atoms with van der Waals surface area (Å²) in [5, 5.41) is 11.6. The number of carbonyl (C=O) groups is 1. The molecule has 1 amide bonds. The van der Waals surface area contributed by atoms with Crippen molar-refractivity contribution in [1.29, 1.82) is 5.26 Å². The highest BCUT2D eigenvalue weighted by atomic mass is 16.5. The molecule has 0 spiro atoms. The van der Waals surface area contributed by atoms with Gasteiger partial charge in [0.05, 0.1) is 11.1 Å². The van der Waals surface area contributed by atoms with Gasteiger partial charge in [-0.2, -0.15) is 5.26 Å². The van der Waals surface area contributed by atoms with E-state index in [-0.39, 0.29) is 5.91 Å². The fourth-order valence-corrected chi connectivity index (χ4v) is 1.64. The molecule has 0 saturated heterocycles. The lowest BCUT2D eigenvalue weighted by Crippen LogP contribution is -2.18. The van der Waals surface area contributed by atoms with Crippen molar-refractivity contribution in [3.8, 4) is 17.6 Å². The highest BCUT2D eigenvalue weighted by Crippen LogP contribution is 2.27. The van der Waals surface area contributed by atoms with Crippen molar-refractivity contribution in [3.63, 3.8) is 0 Å². The Morgan fingerprint density at radius 2 is 1.74 bits per heavy atom. The first-order chi connectivity index (χ1) is 9.26. The summed E-state index contributed by atoms with van der Waals surface area (Å²) < 4.78 is 5.67. The van der Waals surface area contributed by atoms with E-state index >= 15 is 0 Å². The van der Waals surface area contributed by atoms with Gasteiger partial charge in [0.15, 0.2) is 0 Å². The lowest BCUT2D eigenvalue weighted by Gasteiger charge is -2.10. The third-order valence-electron chi connectivity index (χ3n) is 2.59. The molecule has 0 bridgehead atoms. The quantitative estimate of drug-likeness (QED) is 0.913. The van der Waals surface area contributed by atoms with Gasteiger partial charge in [0, 0.05) is 7.05 Å². The van der Waals surface area contributed by atoms with Crippen molar-refractivity contribution in [1.82, 2.24) is 5.32 Å². The van der Waals surface area contributed by atoms with E-state index in [2.05, 4.69) is 11.4 Å². The Morgan fingerprint density at radius 1 is 1.11 bits per heavy atom. The molecule has 94 valence electrons. The highest BCUT2D eigenvalue weighted by Gasteiger charge is 2.12. The van der Waals surface area contributed by atoms with Crippen molar-refractivity contribution in [2.24, 2.45) is 0 Å². The van der Waals surface area contributed by atoms with E-state index in [1.165, 1.54) is 0 Å². The van der Waals surface area contributed by atoms with Crippen LogP contribution in [0.15, 0.2) is 48.5 Å². The van der Waals surface area contributed by atoms with Crippen LogP contribution >= 0.6 is 0 Å². The van der Waals surface area contributed by atoms with Crippen LogP contribution < -0.4 is 10.1 Å². The molecule has 4 nitrogen and oxygen atoms in total. The van der Waals surface area contributed by atoms with Gasteiger partial charge in [0.25, 0.3) is 5.91 Å². The number of rotatable bonds is 3. The summed E-state index contributed by atoms with van der Waals surface area (Å²) in [5.41, 5.74) is 0.854. The second-order valence-corrected chi connectivity index (χ2v) is 3.79. The lowest BCUT2D eigenvalue weighted by atomic mass is 10.1. The molecule has 0 atom stereocenters. The minimum atomic E-state index is -0.231. The molecule has 0 unspecified atom stereocenters. The first kappa shape index (κ1) is 12.7. The molecule has 4 heteroatoms. The summed E-state index contributed by atoms with van der Waals surface area (Å²) in [7, 11) is 1.56. The third kappa shape index (κ3) is 2.72. The number of para-hydroxylation sites is 2. The number of benzene rings is 2. The van der Waals surface area contributed by atoms with E-state index in [0.29, 0.717) is 22.6 Å². The van der Waals surface area contributed by atoms with Crippen LogP contribution in [0.2, 0.25) is 0 Å². The monoisotopic (exact) mass is 252 g/mol. The minimum Gasteiger partial charge on any atom is -0.455 e. The van der Waals surface area contributed by atoms with Crippen LogP contribution in [0.3, 0.4) is 0 Å². The molecule has 19 heavy (non-hydrogen) atoms. The number of amides is 1. The van der Waals surface area contributed by atoms with Crippen LogP contribution in [0.25, 0.3) is 0 Å². The smallest absolute Gasteiger partial charge is 0.254 e. The van der Waals surface area contributed by atoms with Gasteiger partial charge >= 0.3 is 0 Å². The minimum absolute atomic E-state index is 0.231. The summed E-state index contributed by atoms with van der Waals surface area (Å²) in [6.07, 6.45) is 0. The topological polar surface area (TPSA) is 62.1 Å². The van der Waals surface area contributed by atoms with E-state index in [4.69, 9.17) is 10.00 Å². The average Bonchev–Trinajstić information content (AvgIpc) is 2.47. The number of nitriles is 1. The molecule has 0 fully saturated rings. The predicted octanol–water partition coefficient (Wildman–Crippen LogP) is 2.71. The predicted molar refractivity (Wildman–Crippen MR) is 71.1 cm³/mol. The second kappa shape index (κ2) is 5.69. The standard InChI is InChI=1S/C15H12N2O2/c1-17-15(18)12-7-3-5-9-14(12)19-13-8-4-2-6-11(13)10-16/h2-9H,1H3,(H,17,18). The Balaban J connectivity index is 2.39. The van der Waals surface area contributed by atoms with Gasteiger partial charge in [-0.05, 0) is 24.3 Å². The van der Waals surface area contributed by atoms with E-state index < -0.39 is 0 Å². The zero-order valence-electron chi connectivity index (χ0n) is 10.4. The third-order valence-corrected chi connectivity index (χ3v) is 2.59. The number of hydrogen-bond donors (Lipinski definition) is 1. The Morgan fingerprint density at radius 3 is 2.42 bits per heavy atom. The lowest BCUT2D eigenvalue weighted by molar-refractivity contribution is 0.0961. The van der Waals surface area contributed by atoms with Crippen LogP contribution in [0, 0.1) is 11.3 Å². The van der Waals surface area contributed by atoms with Gasteiger partial charge in [-0.3, -0.25) is 4.79 Å². The summed E-state index contributed by atoms with van der Waals surface area (Å²) in [4.78, 5) is 11.7. The Hall–Kier alpha value is -2.80. The maximum atomic E-state index is 11.7. The first-order valence-electron chi connectivity index (χ1n) is 5.74. The van der Waals surface area contributed by atoms with Crippen LogP contribution in [0.1, 0.15) is 15.9 Å². The molecule has 2 aromatic carbocycles. The molecule has 0 aliphatic heterocycles. The number of nitrogens with zero attached hydrogens (tertiary/aromatic N) is 1. The van der Waals surface area contributed by atoms with Crippen molar-refractivity contribution >= 4 is 5.91 Å². The van der Waals surface area contributed by atoms with Gasteiger partial charge < -0.3 is 10.1 Å². The maximum absolute atomic E-state index is 11.7. The largest absolute Gasteiger partial charge is 0.455 e. The zero-order valence-corrected chi connectivity index (χ0v) is 10.4. The molecule has 0 saturated carbocycles. The average molecular weight is 252 g/mol.